The number of hydrogen-bond donors (Lipinski definition) is 1. The zero-order chi connectivity index (χ0) is 14.0. The second kappa shape index (κ2) is 9.04. The van der Waals surface area contributed by atoms with Crippen molar-refractivity contribution in [2.24, 2.45) is 4.99 Å². The van der Waals surface area contributed by atoms with Gasteiger partial charge >= 0.3 is 5.97 Å². The number of isocyanates is 1. The van der Waals surface area contributed by atoms with Crippen LogP contribution in [0.15, 0.2) is 30.3 Å². The Balaban J connectivity index is 4.93. The fraction of sp³-hybridized carbons (Fsp3) is 0.417. The van der Waals surface area contributed by atoms with Crippen LogP contribution in [0.25, 0.3) is 0 Å². The quantitative estimate of drug-likeness (QED) is 0.372. The molecular formula is C12H16N2O4. The number of carbonyl (C=O) groups is 2. The zero-order valence-electron chi connectivity index (χ0n) is 10.0. The van der Waals surface area contributed by atoms with Gasteiger partial charge in [-0.3, -0.25) is 14.5 Å². The maximum Gasteiger partial charge on any atom is 0.303 e. The van der Waals surface area contributed by atoms with Crippen LogP contribution in [0.4, 0.5) is 0 Å². The van der Waals surface area contributed by atoms with Gasteiger partial charge in [0.05, 0.1) is 6.04 Å². The van der Waals surface area contributed by atoms with E-state index in [9.17, 15) is 14.4 Å². The van der Waals surface area contributed by atoms with Crippen LogP contribution in [0.1, 0.15) is 12.8 Å². The van der Waals surface area contributed by atoms with Gasteiger partial charge in [-0.15, -0.1) is 18.2 Å². The van der Waals surface area contributed by atoms with E-state index in [-0.39, 0.29) is 12.8 Å². The molecule has 0 fully saturated rings. The highest BCUT2D eigenvalue weighted by Gasteiger charge is 2.24. The van der Waals surface area contributed by atoms with E-state index in [0.29, 0.717) is 13.1 Å². The van der Waals surface area contributed by atoms with Gasteiger partial charge in [-0.1, -0.05) is 12.2 Å². The van der Waals surface area contributed by atoms with Gasteiger partial charge in [0.15, 0.2) is 0 Å². The largest absolute Gasteiger partial charge is 0.481 e. The molecule has 0 bridgehead atoms. The molecule has 1 atom stereocenters. The molecule has 0 aromatic rings. The van der Waals surface area contributed by atoms with Crippen LogP contribution >= 0.6 is 0 Å². The highest BCUT2D eigenvalue weighted by Crippen LogP contribution is 2.10. The van der Waals surface area contributed by atoms with Crippen molar-refractivity contribution < 1.29 is 19.5 Å². The first-order valence-electron chi connectivity index (χ1n) is 5.36. The van der Waals surface area contributed by atoms with Crippen molar-refractivity contribution in [1.82, 2.24) is 4.90 Å². The third kappa shape index (κ3) is 5.89. The minimum atomic E-state index is -1.01. The lowest BCUT2D eigenvalue weighted by Crippen LogP contribution is -2.41. The molecule has 0 aliphatic heterocycles. The van der Waals surface area contributed by atoms with Crippen LogP contribution in [0.3, 0.4) is 0 Å². The maximum atomic E-state index is 11.6. The summed E-state index contributed by atoms with van der Waals surface area (Å²) in [6, 6.07) is -0.779. The van der Waals surface area contributed by atoms with Gasteiger partial charge in [0.25, 0.3) is 5.91 Å². The van der Waals surface area contributed by atoms with Crippen LogP contribution in [-0.2, 0) is 14.4 Å². The van der Waals surface area contributed by atoms with E-state index >= 15 is 0 Å². The summed E-state index contributed by atoms with van der Waals surface area (Å²) in [6.07, 6.45) is 4.22. The molecule has 0 aliphatic carbocycles. The Hall–Kier alpha value is -2.04. The molecule has 6 heteroatoms. The molecule has 1 amide bonds. The molecule has 6 nitrogen and oxygen atoms in total. The van der Waals surface area contributed by atoms with Crippen LogP contribution in [-0.4, -0.2) is 47.1 Å². The van der Waals surface area contributed by atoms with Crippen molar-refractivity contribution in [3.63, 3.8) is 0 Å². The number of carboxylic acid groups (broad SMARTS) is 1. The summed E-state index contributed by atoms with van der Waals surface area (Å²) in [5.41, 5.74) is 0. The summed E-state index contributed by atoms with van der Waals surface area (Å²) in [7, 11) is 0. The summed E-state index contributed by atoms with van der Waals surface area (Å²) in [5.74, 6) is -1.71. The fourth-order valence-electron chi connectivity index (χ4n) is 1.50. The van der Waals surface area contributed by atoms with Crippen LogP contribution < -0.4 is 0 Å². The molecule has 18 heavy (non-hydrogen) atoms. The number of carbonyl (C=O) groups excluding carboxylic acids is 2. The number of nitrogens with zero attached hydrogens (tertiary/aromatic N) is 2. The van der Waals surface area contributed by atoms with Crippen molar-refractivity contribution >= 4 is 18.0 Å². The van der Waals surface area contributed by atoms with Gasteiger partial charge in [0, 0.05) is 19.5 Å². The highest BCUT2D eigenvalue weighted by molar-refractivity contribution is 5.86. The predicted molar refractivity (Wildman–Crippen MR) is 65.8 cm³/mol. The fourth-order valence-corrected chi connectivity index (χ4v) is 1.50. The SMILES string of the molecule is C=CCN(CC=C)[C@@H](CCC(=O)O)C(=O)N=C=O. The zero-order valence-corrected chi connectivity index (χ0v) is 10.0. The van der Waals surface area contributed by atoms with Gasteiger partial charge in [0.1, 0.15) is 0 Å². The van der Waals surface area contributed by atoms with Crippen molar-refractivity contribution in [3.8, 4) is 0 Å². The topological polar surface area (TPSA) is 87.0 Å². The van der Waals surface area contributed by atoms with E-state index in [2.05, 4.69) is 18.2 Å². The van der Waals surface area contributed by atoms with Crippen molar-refractivity contribution in [3.05, 3.63) is 25.3 Å². The van der Waals surface area contributed by atoms with Crippen LogP contribution in [0.2, 0.25) is 0 Å². The molecule has 1 N–H and O–H groups in total. The summed E-state index contributed by atoms with van der Waals surface area (Å²) in [4.78, 5) is 37.0. The summed E-state index contributed by atoms with van der Waals surface area (Å²) in [5, 5.41) is 8.64. The Morgan fingerprint density at radius 1 is 1.33 bits per heavy atom. The van der Waals surface area contributed by atoms with Crippen molar-refractivity contribution in [2.45, 2.75) is 18.9 Å². The molecule has 0 saturated carbocycles. The Kier molecular flexibility index (Phi) is 8.01. The average molecular weight is 252 g/mol. The number of rotatable bonds is 9. The van der Waals surface area contributed by atoms with Crippen molar-refractivity contribution in [2.75, 3.05) is 13.1 Å². The number of aliphatic imine (C=N–C) groups is 1. The molecule has 0 saturated heterocycles. The van der Waals surface area contributed by atoms with Crippen LogP contribution in [0.5, 0.6) is 0 Å². The first kappa shape index (κ1) is 16.0. The average Bonchev–Trinajstić information content (AvgIpc) is 2.29. The molecule has 0 radical (unpaired) electrons. The minimum Gasteiger partial charge on any atom is -0.481 e. The van der Waals surface area contributed by atoms with Crippen molar-refractivity contribution in [1.29, 1.82) is 0 Å². The van der Waals surface area contributed by atoms with Gasteiger partial charge in [0.2, 0.25) is 6.08 Å². The second-order valence-electron chi connectivity index (χ2n) is 3.52. The lowest BCUT2D eigenvalue weighted by molar-refractivity contribution is -0.137. The standard InChI is InChI=1S/C12H16N2O4/c1-3-7-14(8-4-2)10(5-6-11(16)17)12(18)13-9-15/h3-4,10H,1-2,5-8H2,(H,16,17)/t10-/m0/s1. The van der Waals surface area contributed by atoms with E-state index in [1.165, 1.54) is 6.08 Å². The molecule has 0 aromatic heterocycles. The van der Waals surface area contributed by atoms with E-state index in [0.717, 1.165) is 0 Å². The van der Waals surface area contributed by atoms with E-state index in [4.69, 9.17) is 5.11 Å². The normalized spacial score (nSPS) is 11.4. The van der Waals surface area contributed by atoms with E-state index < -0.39 is 17.9 Å². The Morgan fingerprint density at radius 2 is 1.89 bits per heavy atom. The lowest BCUT2D eigenvalue weighted by Gasteiger charge is -2.26. The van der Waals surface area contributed by atoms with Crippen LogP contribution in [0, 0.1) is 0 Å². The molecule has 0 rings (SSSR count). The molecular weight excluding hydrogens is 236 g/mol. The number of hydrogen-bond acceptors (Lipinski definition) is 4. The van der Waals surface area contributed by atoms with Gasteiger partial charge < -0.3 is 5.11 Å². The predicted octanol–water partition coefficient (Wildman–Crippen LogP) is 0.756. The van der Waals surface area contributed by atoms with Gasteiger partial charge in [-0.25, -0.2) is 4.79 Å². The maximum absolute atomic E-state index is 11.6. The first-order chi connectivity index (χ1) is 8.56. The molecule has 0 unspecified atom stereocenters. The van der Waals surface area contributed by atoms with E-state index in [1.807, 2.05) is 0 Å². The molecule has 0 aliphatic rings. The minimum absolute atomic E-state index is 0.0705. The molecule has 0 heterocycles. The Labute approximate surface area is 105 Å². The number of amides is 1. The Morgan fingerprint density at radius 3 is 2.28 bits per heavy atom. The van der Waals surface area contributed by atoms with Gasteiger partial charge in [-0.05, 0) is 6.42 Å². The lowest BCUT2D eigenvalue weighted by atomic mass is 10.1. The smallest absolute Gasteiger partial charge is 0.303 e. The highest BCUT2D eigenvalue weighted by atomic mass is 16.4. The third-order valence-electron chi connectivity index (χ3n) is 2.24. The number of aliphatic carboxylic acids is 1. The summed E-state index contributed by atoms with van der Waals surface area (Å²) < 4.78 is 0. The molecule has 98 valence electrons. The molecule has 0 aromatic carbocycles. The Bertz CT molecular complexity index is 362. The monoisotopic (exact) mass is 252 g/mol. The summed E-state index contributed by atoms with van der Waals surface area (Å²) >= 11 is 0. The first-order valence-corrected chi connectivity index (χ1v) is 5.36. The molecule has 0 spiro atoms. The number of carboxylic acids is 1. The second-order valence-corrected chi connectivity index (χ2v) is 3.52. The third-order valence-corrected chi connectivity index (χ3v) is 2.24. The van der Waals surface area contributed by atoms with Gasteiger partial charge in [-0.2, -0.15) is 0 Å². The summed E-state index contributed by atoms with van der Waals surface area (Å²) in [6.45, 7) is 7.85. The van der Waals surface area contributed by atoms with E-state index in [1.54, 1.807) is 17.1 Å².